The summed E-state index contributed by atoms with van der Waals surface area (Å²) in [5.74, 6) is 3.42. The van der Waals surface area contributed by atoms with E-state index < -0.39 is 15.9 Å². The number of carbonyl (C=O) groups excluding carboxylic acids is 2. The first-order chi connectivity index (χ1) is 16.9. The van der Waals surface area contributed by atoms with Crippen molar-refractivity contribution in [1.29, 1.82) is 0 Å². The number of amides is 1. The maximum Gasteiger partial charge on any atom is 0.222 e. The molecule has 1 amide bonds. The molecular weight excluding hydrogens is 478 g/mol. The van der Waals surface area contributed by atoms with Crippen molar-refractivity contribution in [2.45, 2.75) is 91.4 Å². The Labute approximate surface area is 217 Å². The highest BCUT2D eigenvalue weighted by Crippen LogP contribution is 2.68. The van der Waals surface area contributed by atoms with Crippen LogP contribution in [0.5, 0.6) is 0 Å². The predicted octanol–water partition coefficient (Wildman–Crippen LogP) is 4.00. The molecule has 4 saturated carbocycles. The Bertz CT molecular complexity index is 936. The van der Waals surface area contributed by atoms with E-state index in [4.69, 9.17) is 0 Å². The Kier molecular flexibility index (Phi) is 8.29. The average molecular weight is 525 g/mol. The van der Waals surface area contributed by atoms with E-state index in [9.17, 15) is 27.7 Å². The SMILES string of the molecule is C[C@H](CCC(=O)N(CCO)CCS(=O)(=O)[O-])[C@H]1CC[C@H]2[C@@H]3CC[C@@H]4CC(=O)CC[C@]4(C)[C@H]3CC[C@]12C. The van der Waals surface area contributed by atoms with Gasteiger partial charge in [0.15, 0.2) is 0 Å². The number of aliphatic hydroxyl groups excluding tert-OH is 1. The van der Waals surface area contributed by atoms with E-state index in [-0.39, 0.29) is 25.6 Å². The lowest BCUT2D eigenvalue weighted by molar-refractivity contribution is -0.140. The zero-order valence-corrected chi connectivity index (χ0v) is 23.2. The predicted molar refractivity (Wildman–Crippen MR) is 137 cm³/mol. The lowest BCUT2D eigenvalue weighted by atomic mass is 9.44. The van der Waals surface area contributed by atoms with Crippen molar-refractivity contribution in [3.05, 3.63) is 0 Å². The summed E-state index contributed by atoms with van der Waals surface area (Å²) in [6.07, 6.45) is 11.1. The minimum Gasteiger partial charge on any atom is -0.748 e. The van der Waals surface area contributed by atoms with Gasteiger partial charge in [-0.3, -0.25) is 9.59 Å². The van der Waals surface area contributed by atoms with Gasteiger partial charge in [0.25, 0.3) is 0 Å². The molecule has 8 heteroatoms. The molecule has 0 heterocycles. The van der Waals surface area contributed by atoms with Gasteiger partial charge >= 0.3 is 0 Å². The number of rotatable bonds is 9. The van der Waals surface area contributed by atoms with Crippen LogP contribution < -0.4 is 0 Å². The van der Waals surface area contributed by atoms with Gasteiger partial charge in [-0.1, -0.05) is 20.8 Å². The van der Waals surface area contributed by atoms with Gasteiger partial charge in [-0.25, -0.2) is 8.42 Å². The van der Waals surface area contributed by atoms with Crippen LogP contribution in [0, 0.1) is 46.3 Å². The summed E-state index contributed by atoms with van der Waals surface area (Å²) < 4.78 is 33.0. The van der Waals surface area contributed by atoms with E-state index in [0.29, 0.717) is 40.8 Å². The van der Waals surface area contributed by atoms with E-state index in [1.165, 1.54) is 43.4 Å². The highest BCUT2D eigenvalue weighted by Gasteiger charge is 2.60. The van der Waals surface area contributed by atoms with Gasteiger partial charge < -0.3 is 14.6 Å². The molecule has 4 fully saturated rings. The topological polar surface area (TPSA) is 115 Å². The fourth-order valence-corrected chi connectivity index (χ4v) is 9.88. The van der Waals surface area contributed by atoms with Gasteiger partial charge in [0.2, 0.25) is 5.91 Å². The van der Waals surface area contributed by atoms with Gasteiger partial charge in [0, 0.05) is 32.4 Å². The van der Waals surface area contributed by atoms with E-state index >= 15 is 0 Å². The van der Waals surface area contributed by atoms with Gasteiger partial charge in [0.1, 0.15) is 5.78 Å². The second-order valence-corrected chi connectivity index (χ2v) is 14.5. The maximum absolute atomic E-state index is 12.8. The van der Waals surface area contributed by atoms with Crippen molar-refractivity contribution >= 4 is 21.8 Å². The molecule has 0 saturated heterocycles. The summed E-state index contributed by atoms with van der Waals surface area (Å²) in [4.78, 5) is 26.3. The second-order valence-electron chi connectivity index (χ2n) is 13.0. The van der Waals surface area contributed by atoms with Crippen LogP contribution in [-0.4, -0.2) is 60.1 Å². The third-order valence-corrected chi connectivity index (χ3v) is 12.1. The fraction of sp³-hybridized carbons (Fsp3) is 0.929. The lowest BCUT2D eigenvalue weighted by Gasteiger charge is -2.60. The highest BCUT2D eigenvalue weighted by atomic mass is 32.2. The Morgan fingerprint density at radius 1 is 1.08 bits per heavy atom. The van der Waals surface area contributed by atoms with Crippen LogP contribution in [0.15, 0.2) is 0 Å². The summed E-state index contributed by atoms with van der Waals surface area (Å²) >= 11 is 0. The quantitative estimate of drug-likeness (QED) is 0.456. The standard InChI is InChI=1S/C28H47NO6S/c1-19(4-9-26(32)29(14-16-30)15-17-36(33,34)35)23-7-8-24-22-6-5-20-18-21(31)10-12-27(20,2)25(22)11-13-28(23,24)3/h19-20,22-25,30H,4-18H2,1-3H3,(H,33,34,35)/p-1/t19-,20-,22+,23-,24+,25+,27+,28-/m1/s1. The number of carbonyl (C=O) groups is 2. The number of Topliss-reactive ketones (excluding diaryl/α,β-unsaturated/α-hetero) is 1. The van der Waals surface area contributed by atoms with Gasteiger partial charge in [-0.2, -0.15) is 0 Å². The van der Waals surface area contributed by atoms with Crippen LogP contribution in [0.4, 0.5) is 0 Å². The molecule has 0 aliphatic heterocycles. The molecule has 0 spiro atoms. The van der Waals surface area contributed by atoms with Crippen molar-refractivity contribution in [1.82, 2.24) is 4.90 Å². The fourth-order valence-electron chi connectivity index (χ4n) is 9.43. The number of hydrogen-bond acceptors (Lipinski definition) is 6. The molecule has 4 rings (SSSR count). The first-order valence-corrected chi connectivity index (χ1v) is 15.8. The molecule has 4 aliphatic carbocycles. The normalized spacial score (nSPS) is 39.1. The van der Waals surface area contributed by atoms with Gasteiger partial charge in [0.05, 0.1) is 22.5 Å². The summed E-state index contributed by atoms with van der Waals surface area (Å²) in [6.45, 7) is 6.90. The zero-order valence-electron chi connectivity index (χ0n) is 22.4. The molecule has 0 aromatic rings. The molecule has 0 aromatic carbocycles. The maximum atomic E-state index is 12.8. The molecule has 7 nitrogen and oxygen atoms in total. The molecule has 0 unspecified atom stereocenters. The van der Waals surface area contributed by atoms with Crippen molar-refractivity contribution in [2.24, 2.45) is 46.3 Å². The van der Waals surface area contributed by atoms with E-state index in [1.54, 1.807) is 0 Å². The van der Waals surface area contributed by atoms with Crippen LogP contribution in [0.2, 0.25) is 0 Å². The van der Waals surface area contributed by atoms with Gasteiger partial charge in [-0.15, -0.1) is 0 Å². The Balaban J connectivity index is 1.38. The van der Waals surface area contributed by atoms with E-state index in [0.717, 1.165) is 43.4 Å². The molecule has 8 atom stereocenters. The van der Waals surface area contributed by atoms with Crippen LogP contribution >= 0.6 is 0 Å². The average Bonchev–Trinajstić information content (AvgIpc) is 3.17. The molecular formula is C28H46NO6S-. The Morgan fingerprint density at radius 3 is 2.50 bits per heavy atom. The first-order valence-electron chi connectivity index (χ1n) is 14.2. The van der Waals surface area contributed by atoms with Crippen LogP contribution in [-0.2, 0) is 19.7 Å². The summed E-state index contributed by atoms with van der Waals surface area (Å²) in [7, 11) is -4.40. The zero-order chi connectivity index (χ0) is 26.3. The third kappa shape index (κ3) is 5.42. The molecule has 36 heavy (non-hydrogen) atoms. The number of nitrogens with zero attached hydrogens (tertiary/aromatic N) is 1. The van der Waals surface area contributed by atoms with Crippen molar-refractivity contribution in [3.8, 4) is 0 Å². The number of ketones is 1. The Hall–Kier alpha value is -0.990. The molecule has 4 aliphatic rings. The largest absolute Gasteiger partial charge is 0.748 e. The molecule has 206 valence electrons. The number of aliphatic hydroxyl groups is 1. The molecule has 0 bridgehead atoms. The highest BCUT2D eigenvalue weighted by molar-refractivity contribution is 7.85. The third-order valence-electron chi connectivity index (χ3n) is 11.4. The minimum absolute atomic E-state index is 0.0559. The van der Waals surface area contributed by atoms with E-state index in [1.807, 2.05) is 0 Å². The van der Waals surface area contributed by atoms with Gasteiger partial charge in [-0.05, 0) is 97.7 Å². The Morgan fingerprint density at radius 2 is 1.81 bits per heavy atom. The summed E-state index contributed by atoms with van der Waals surface area (Å²) in [6, 6.07) is 0. The van der Waals surface area contributed by atoms with Crippen molar-refractivity contribution < 1.29 is 27.7 Å². The first kappa shape index (κ1) is 28.0. The lowest BCUT2D eigenvalue weighted by Crippen LogP contribution is -2.53. The molecule has 0 radical (unpaired) electrons. The molecule has 1 N–H and O–H groups in total. The second kappa shape index (κ2) is 10.6. The monoisotopic (exact) mass is 524 g/mol. The van der Waals surface area contributed by atoms with Crippen LogP contribution in [0.3, 0.4) is 0 Å². The smallest absolute Gasteiger partial charge is 0.222 e. The van der Waals surface area contributed by atoms with Crippen LogP contribution in [0.1, 0.15) is 91.4 Å². The minimum atomic E-state index is -4.40. The number of hydrogen-bond donors (Lipinski definition) is 1. The molecule has 0 aromatic heterocycles. The van der Waals surface area contributed by atoms with E-state index in [2.05, 4.69) is 20.8 Å². The van der Waals surface area contributed by atoms with Crippen molar-refractivity contribution in [3.63, 3.8) is 0 Å². The number of fused-ring (bicyclic) bond motifs is 5. The summed E-state index contributed by atoms with van der Waals surface area (Å²) in [5.41, 5.74) is 0.612. The summed E-state index contributed by atoms with van der Waals surface area (Å²) in [5, 5.41) is 9.29. The van der Waals surface area contributed by atoms with Crippen LogP contribution in [0.25, 0.3) is 0 Å². The van der Waals surface area contributed by atoms with Crippen molar-refractivity contribution in [2.75, 3.05) is 25.4 Å².